The minimum Gasteiger partial charge on any atom is -0.497 e. The fraction of sp³-hybridized carbons (Fsp3) is 0.391. The van der Waals surface area contributed by atoms with E-state index in [1.165, 1.54) is 6.92 Å². The molecule has 0 saturated heterocycles. The molecule has 2 aromatic carbocycles. The molecule has 0 bridgehead atoms. The van der Waals surface area contributed by atoms with Crippen LogP contribution >= 0.6 is 0 Å². The number of methoxy groups -OCH3 is 1. The zero-order valence-corrected chi connectivity index (χ0v) is 17.7. The molecule has 6 nitrogen and oxygen atoms in total. The average Bonchev–Trinajstić information content (AvgIpc) is 2.72. The van der Waals surface area contributed by atoms with Crippen LogP contribution in [0.1, 0.15) is 37.9 Å². The Morgan fingerprint density at radius 1 is 1.07 bits per heavy atom. The molecule has 2 N–H and O–H groups in total. The van der Waals surface area contributed by atoms with E-state index in [1.807, 2.05) is 30.3 Å². The summed E-state index contributed by atoms with van der Waals surface area (Å²) in [5.74, 6) is 0.665. The van der Waals surface area contributed by atoms with E-state index in [4.69, 9.17) is 4.74 Å². The predicted molar refractivity (Wildman–Crippen MR) is 116 cm³/mol. The molecule has 1 unspecified atom stereocenters. The normalized spacial score (nSPS) is 11.8. The summed E-state index contributed by atoms with van der Waals surface area (Å²) in [6.07, 6.45) is 0.295. The second kappa shape index (κ2) is 11.2. The summed E-state index contributed by atoms with van der Waals surface area (Å²) in [7, 11) is 1.66. The van der Waals surface area contributed by atoms with Gasteiger partial charge in [0.15, 0.2) is 0 Å². The van der Waals surface area contributed by atoms with E-state index in [9.17, 15) is 9.59 Å². The van der Waals surface area contributed by atoms with Crippen LogP contribution < -0.4 is 15.4 Å². The second-order valence-corrected chi connectivity index (χ2v) is 6.87. The van der Waals surface area contributed by atoms with Gasteiger partial charge < -0.3 is 15.4 Å². The Hall–Kier alpha value is -2.86. The molecule has 2 amide bonds. The maximum atomic E-state index is 12.5. The first-order chi connectivity index (χ1) is 14.0. The van der Waals surface area contributed by atoms with Gasteiger partial charge >= 0.3 is 0 Å². The van der Waals surface area contributed by atoms with Gasteiger partial charge in [-0.3, -0.25) is 14.5 Å². The van der Waals surface area contributed by atoms with Crippen LogP contribution in [0, 0.1) is 0 Å². The van der Waals surface area contributed by atoms with Crippen molar-refractivity contribution in [2.24, 2.45) is 0 Å². The first-order valence-electron chi connectivity index (χ1n) is 9.98. The molecule has 0 aliphatic heterocycles. The van der Waals surface area contributed by atoms with Gasteiger partial charge in [-0.25, -0.2) is 0 Å². The van der Waals surface area contributed by atoms with Crippen molar-refractivity contribution in [2.75, 3.05) is 32.1 Å². The summed E-state index contributed by atoms with van der Waals surface area (Å²) in [5, 5.41) is 5.79. The van der Waals surface area contributed by atoms with Crippen molar-refractivity contribution in [3.05, 3.63) is 59.7 Å². The van der Waals surface area contributed by atoms with Crippen LogP contribution in [-0.4, -0.2) is 43.5 Å². The highest BCUT2D eigenvalue weighted by atomic mass is 16.5. The Kier molecular flexibility index (Phi) is 8.68. The molecule has 156 valence electrons. The lowest BCUT2D eigenvalue weighted by molar-refractivity contribution is -0.120. The summed E-state index contributed by atoms with van der Waals surface area (Å²) in [4.78, 5) is 25.9. The van der Waals surface area contributed by atoms with Crippen LogP contribution in [0.5, 0.6) is 5.75 Å². The molecule has 6 heteroatoms. The number of likely N-dealkylation sites (N-methyl/N-ethyl adjacent to an activating group) is 1. The molecule has 0 saturated carbocycles. The predicted octanol–water partition coefficient (Wildman–Crippen LogP) is 3.40. The summed E-state index contributed by atoms with van der Waals surface area (Å²) in [5.41, 5.74) is 2.74. The van der Waals surface area contributed by atoms with Crippen LogP contribution in [0.25, 0.3) is 0 Å². The summed E-state index contributed by atoms with van der Waals surface area (Å²) in [6, 6.07) is 15.4. The molecule has 0 radical (unpaired) electrons. The van der Waals surface area contributed by atoms with E-state index in [0.717, 1.165) is 35.7 Å². The first kappa shape index (κ1) is 22.4. The highest BCUT2D eigenvalue weighted by Crippen LogP contribution is 2.24. The van der Waals surface area contributed by atoms with Crippen molar-refractivity contribution in [1.29, 1.82) is 0 Å². The van der Waals surface area contributed by atoms with Gasteiger partial charge in [0.1, 0.15) is 5.75 Å². The lowest BCUT2D eigenvalue weighted by Gasteiger charge is -2.30. The number of anilines is 1. The molecular formula is C23H31N3O3. The number of nitrogens with zero attached hydrogens (tertiary/aromatic N) is 1. The van der Waals surface area contributed by atoms with Crippen molar-refractivity contribution in [3.8, 4) is 5.75 Å². The van der Waals surface area contributed by atoms with Gasteiger partial charge in [0.25, 0.3) is 0 Å². The minimum atomic E-state index is -0.115. The topological polar surface area (TPSA) is 70.7 Å². The quantitative estimate of drug-likeness (QED) is 0.645. The molecule has 1 atom stereocenters. The molecule has 2 rings (SSSR count). The third-order valence-electron chi connectivity index (χ3n) is 4.86. The van der Waals surface area contributed by atoms with Gasteiger partial charge in [-0.05, 0) is 48.5 Å². The molecule has 29 heavy (non-hydrogen) atoms. The molecule has 0 aliphatic carbocycles. The van der Waals surface area contributed by atoms with Crippen LogP contribution in [0.15, 0.2) is 48.5 Å². The average molecular weight is 398 g/mol. The van der Waals surface area contributed by atoms with Crippen molar-refractivity contribution >= 4 is 17.5 Å². The Bertz CT molecular complexity index is 801. The van der Waals surface area contributed by atoms with Crippen LogP contribution in [0.3, 0.4) is 0 Å². The Morgan fingerprint density at radius 3 is 2.34 bits per heavy atom. The number of carbonyl (C=O) groups is 2. The number of nitrogens with one attached hydrogen (secondary N) is 2. The maximum Gasteiger partial charge on any atom is 0.224 e. The van der Waals surface area contributed by atoms with E-state index in [-0.39, 0.29) is 17.9 Å². The van der Waals surface area contributed by atoms with Crippen LogP contribution in [0.4, 0.5) is 5.69 Å². The number of benzene rings is 2. The number of hydrogen-bond donors (Lipinski definition) is 2. The zero-order chi connectivity index (χ0) is 21.2. The summed E-state index contributed by atoms with van der Waals surface area (Å²) in [6.45, 7) is 8.01. The fourth-order valence-corrected chi connectivity index (χ4v) is 3.34. The monoisotopic (exact) mass is 397 g/mol. The molecule has 0 aromatic heterocycles. The smallest absolute Gasteiger partial charge is 0.224 e. The zero-order valence-electron chi connectivity index (χ0n) is 17.7. The van der Waals surface area contributed by atoms with Gasteiger partial charge in [-0.2, -0.15) is 0 Å². The largest absolute Gasteiger partial charge is 0.497 e. The van der Waals surface area contributed by atoms with Crippen molar-refractivity contribution in [1.82, 2.24) is 10.2 Å². The van der Waals surface area contributed by atoms with Gasteiger partial charge in [0, 0.05) is 19.2 Å². The van der Waals surface area contributed by atoms with Crippen molar-refractivity contribution < 1.29 is 14.3 Å². The molecule has 0 spiro atoms. The number of amides is 2. The van der Waals surface area contributed by atoms with Gasteiger partial charge in [0.2, 0.25) is 11.8 Å². The van der Waals surface area contributed by atoms with Crippen molar-refractivity contribution in [3.63, 3.8) is 0 Å². The van der Waals surface area contributed by atoms with E-state index in [2.05, 4.69) is 35.4 Å². The number of carbonyl (C=O) groups excluding carboxylic acids is 2. The third kappa shape index (κ3) is 6.91. The lowest BCUT2D eigenvalue weighted by Crippen LogP contribution is -2.38. The van der Waals surface area contributed by atoms with E-state index < -0.39 is 0 Å². The Balaban J connectivity index is 2.02. The van der Waals surface area contributed by atoms with Gasteiger partial charge in [-0.15, -0.1) is 0 Å². The Labute approximate surface area is 173 Å². The summed E-state index contributed by atoms with van der Waals surface area (Å²) < 4.78 is 5.36. The highest BCUT2D eigenvalue weighted by Gasteiger charge is 2.19. The van der Waals surface area contributed by atoms with Crippen LogP contribution in [0.2, 0.25) is 0 Å². The van der Waals surface area contributed by atoms with Gasteiger partial charge in [-0.1, -0.05) is 38.1 Å². The summed E-state index contributed by atoms with van der Waals surface area (Å²) >= 11 is 0. The Morgan fingerprint density at radius 2 is 1.76 bits per heavy atom. The SMILES string of the molecule is CCN(CC)C(CNC(=O)Cc1ccc(NC(C)=O)cc1)c1cccc(OC)c1. The van der Waals surface area contributed by atoms with Gasteiger partial charge in [0.05, 0.1) is 19.6 Å². The minimum absolute atomic E-state index is 0.0303. The fourth-order valence-electron chi connectivity index (χ4n) is 3.34. The first-order valence-corrected chi connectivity index (χ1v) is 9.98. The van der Waals surface area contributed by atoms with Crippen LogP contribution in [-0.2, 0) is 16.0 Å². The standard InChI is InChI=1S/C23H31N3O3/c1-5-26(6-2)22(19-8-7-9-21(15-19)29-4)16-24-23(28)14-18-10-12-20(13-11-18)25-17(3)27/h7-13,15,22H,5-6,14,16H2,1-4H3,(H,24,28)(H,25,27). The third-order valence-corrected chi connectivity index (χ3v) is 4.86. The number of rotatable bonds is 10. The number of ether oxygens (including phenoxy) is 1. The van der Waals surface area contributed by atoms with E-state index in [1.54, 1.807) is 19.2 Å². The maximum absolute atomic E-state index is 12.5. The molecule has 0 aliphatic rings. The number of hydrogen-bond acceptors (Lipinski definition) is 4. The second-order valence-electron chi connectivity index (χ2n) is 6.87. The van der Waals surface area contributed by atoms with Crippen molar-refractivity contribution in [2.45, 2.75) is 33.2 Å². The molecule has 0 fully saturated rings. The molecule has 2 aromatic rings. The molecule has 0 heterocycles. The lowest BCUT2D eigenvalue weighted by atomic mass is 10.0. The van der Waals surface area contributed by atoms with E-state index in [0.29, 0.717) is 13.0 Å². The van der Waals surface area contributed by atoms with E-state index >= 15 is 0 Å². The highest BCUT2D eigenvalue weighted by molar-refractivity contribution is 5.88. The molecular weight excluding hydrogens is 366 g/mol.